The molecule has 1 aromatic rings. The lowest BCUT2D eigenvalue weighted by molar-refractivity contribution is -0.116. The molecule has 0 fully saturated rings. The summed E-state index contributed by atoms with van der Waals surface area (Å²) < 4.78 is 0. The molecule has 1 unspecified atom stereocenters. The number of carbonyl (C=O) groups excluding carboxylic acids is 1. The molecule has 0 saturated heterocycles. The summed E-state index contributed by atoms with van der Waals surface area (Å²) >= 11 is 11.6. The highest BCUT2D eigenvalue weighted by Crippen LogP contribution is 2.25. The van der Waals surface area contributed by atoms with Crippen molar-refractivity contribution in [1.82, 2.24) is 15.3 Å². The van der Waals surface area contributed by atoms with E-state index >= 15 is 0 Å². The van der Waals surface area contributed by atoms with E-state index in [9.17, 15) is 4.79 Å². The van der Waals surface area contributed by atoms with Crippen molar-refractivity contribution >= 4 is 34.9 Å². The van der Waals surface area contributed by atoms with Gasteiger partial charge in [-0.25, -0.2) is 9.97 Å². The summed E-state index contributed by atoms with van der Waals surface area (Å²) in [5.74, 6) is 0.0653. The molecule has 0 saturated carbocycles. The predicted molar refractivity (Wildman–Crippen MR) is 68.4 cm³/mol. The molecule has 0 radical (unpaired) electrons. The summed E-state index contributed by atoms with van der Waals surface area (Å²) in [5.41, 5.74) is 0. The van der Waals surface area contributed by atoms with E-state index in [1.165, 1.54) is 6.33 Å². The lowest BCUT2D eigenvalue weighted by Gasteiger charge is -2.12. The van der Waals surface area contributed by atoms with Gasteiger partial charge in [0.15, 0.2) is 11.0 Å². The average Bonchev–Trinajstić information content (AvgIpc) is 2.25. The van der Waals surface area contributed by atoms with Crippen molar-refractivity contribution in [2.75, 3.05) is 11.9 Å². The van der Waals surface area contributed by atoms with Crippen LogP contribution in [-0.2, 0) is 4.79 Å². The summed E-state index contributed by atoms with van der Waals surface area (Å²) in [4.78, 5) is 19.2. The first-order chi connectivity index (χ1) is 8.04. The Morgan fingerprint density at radius 3 is 2.82 bits per heavy atom. The van der Waals surface area contributed by atoms with E-state index in [0.29, 0.717) is 6.42 Å². The van der Waals surface area contributed by atoms with E-state index in [0.717, 1.165) is 6.54 Å². The van der Waals surface area contributed by atoms with Gasteiger partial charge in [-0.3, -0.25) is 4.79 Å². The molecule has 5 nitrogen and oxygen atoms in total. The minimum atomic E-state index is -0.171. The van der Waals surface area contributed by atoms with Crippen LogP contribution in [0.4, 0.5) is 5.82 Å². The number of halogens is 2. The fourth-order valence-corrected chi connectivity index (χ4v) is 1.60. The van der Waals surface area contributed by atoms with Gasteiger partial charge in [0.2, 0.25) is 5.91 Å². The number of nitrogens with one attached hydrogen (secondary N) is 2. The average molecular weight is 277 g/mol. The first kappa shape index (κ1) is 14.2. The Kier molecular flexibility index (Phi) is 5.61. The molecule has 0 aliphatic carbocycles. The van der Waals surface area contributed by atoms with E-state index in [2.05, 4.69) is 20.6 Å². The van der Waals surface area contributed by atoms with Crippen LogP contribution in [0.15, 0.2) is 6.33 Å². The quantitative estimate of drug-likeness (QED) is 0.809. The molecular weight excluding hydrogens is 263 g/mol. The zero-order valence-corrected chi connectivity index (χ0v) is 11.1. The fourth-order valence-electron chi connectivity index (χ4n) is 1.32. The van der Waals surface area contributed by atoms with Gasteiger partial charge < -0.3 is 10.6 Å². The summed E-state index contributed by atoms with van der Waals surface area (Å²) in [6.07, 6.45) is 1.59. The van der Waals surface area contributed by atoms with Crippen LogP contribution in [0, 0.1) is 0 Å². The van der Waals surface area contributed by atoms with Gasteiger partial charge in [-0.2, -0.15) is 0 Å². The Labute approximate surface area is 110 Å². The number of carbonyl (C=O) groups is 1. The zero-order chi connectivity index (χ0) is 12.8. The third kappa shape index (κ3) is 4.46. The molecule has 1 aromatic heterocycles. The van der Waals surface area contributed by atoms with Crippen LogP contribution in [0.2, 0.25) is 10.2 Å². The largest absolute Gasteiger partial charge is 0.314 e. The maximum atomic E-state index is 11.6. The first-order valence-corrected chi connectivity index (χ1v) is 5.99. The van der Waals surface area contributed by atoms with E-state index < -0.39 is 0 Å². The van der Waals surface area contributed by atoms with Crippen LogP contribution >= 0.6 is 23.2 Å². The predicted octanol–water partition coefficient (Wildman–Crippen LogP) is 2.11. The van der Waals surface area contributed by atoms with E-state index in [1.54, 1.807) is 0 Å². The molecule has 0 aromatic carbocycles. The molecule has 2 N–H and O–H groups in total. The number of hydrogen-bond donors (Lipinski definition) is 2. The molecule has 1 atom stereocenters. The SMILES string of the molecule is CCNC(C)CC(=O)Nc1ncnc(Cl)c1Cl. The summed E-state index contributed by atoms with van der Waals surface area (Å²) in [7, 11) is 0. The number of hydrogen-bond acceptors (Lipinski definition) is 4. The minimum absolute atomic E-state index is 0.0936. The zero-order valence-electron chi connectivity index (χ0n) is 9.63. The van der Waals surface area contributed by atoms with Gasteiger partial charge >= 0.3 is 0 Å². The molecule has 1 amide bonds. The van der Waals surface area contributed by atoms with Crippen molar-refractivity contribution in [3.8, 4) is 0 Å². The van der Waals surface area contributed by atoms with E-state index in [-0.39, 0.29) is 27.9 Å². The van der Waals surface area contributed by atoms with Crippen LogP contribution < -0.4 is 10.6 Å². The molecule has 1 rings (SSSR count). The number of rotatable bonds is 5. The summed E-state index contributed by atoms with van der Waals surface area (Å²) in [5, 5.41) is 6.00. The van der Waals surface area contributed by atoms with Gasteiger partial charge in [-0.1, -0.05) is 30.1 Å². The Balaban J connectivity index is 2.59. The van der Waals surface area contributed by atoms with Crippen LogP contribution in [0.1, 0.15) is 20.3 Å². The number of nitrogens with zero attached hydrogens (tertiary/aromatic N) is 2. The third-order valence-corrected chi connectivity index (χ3v) is 2.79. The second-order valence-electron chi connectivity index (χ2n) is 3.54. The third-order valence-electron chi connectivity index (χ3n) is 2.05. The minimum Gasteiger partial charge on any atom is -0.314 e. The molecular formula is C10H14Cl2N4O. The molecule has 0 bridgehead atoms. The number of aromatic nitrogens is 2. The van der Waals surface area contributed by atoms with Crippen molar-refractivity contribution in [3.63, 3.8) is 0 Å². The van der Waals surface area contributed by atoms with Gasteiger partial charge in [-0.05, 0) is 13.5 Å². The molecule has 94 valence electrons. The molecule has 17 heavy (non-hydrogen) atoms. The van der Waals surface area contributed by atoms with Crippen LogP contribution in [0.5, 0.6) is 0 Å². The Hall–Kier alpha value is -0.910. The number of anilines is 1. The second kappa shape index (κ2) is 6.74. The van der Waals surface area contributed by atoms with Crippen LogP contribution in [-0.4, -0.2) is 28.5 Å². The first-order valence-electron chi connectivity index (χ1n) is 5.23. The van der Waals surface area contributed by atoms with Gasteiger partial charge in [0, 0.05) is 12.5 Å². The topological polar surface area (TPSA) is 66.9 Å². The molecule has 0 aliphatic rings. The standard InChI is InChI=1S/C10H14Cl2N4O/c1-3-13-6(2)4-7(17)16-10-8(11)9(12)14-5-15-10/h5-6,13H,3-4H2,1-2H3,(H,14,15,16,17). The normalized spacial score (nSPS) is 12.2. The second-order valence-corrected chi connectivity index (χ2v) is 4.27. The molecule has 7 heteroatoms. The van der Waals surface area contributed by atoms with Crippen molar-refractivity contribution < 1.29 is 4.79 Å². The lowest BCUT2D eigenvalue weighted by Crippen LogP contribution is -2.30. The van der Waals surface area contributed by atoms with E-state index in [1.807, 2.05) is 13.8 Å². The highest BCUT2D eigenvalue weighted by Gasteiger charge is 2.12. The maximum Gasteiger partial charge on any atom is 0.227 e. The molecule has 0 aliphatic heterocycles. The van der Waals surface area contributed by atoms with E-state index in [4.69, 9.17) is 23.2 Å². The van der Waals surface area contributed by atoms with Gasteiger partial charge in [0.05, 0.1) is 0 Å². The van der Waals surface area contributed by atoms with Crippen molar-refractivity contribution in [2.45, 2.75) is 26.3 Å². The van der Waals surface area contributed by atoms with Crippen molar-refractivity contribution in [1.29, 1.82) is 0 Å². The Morgan fingerprint density at radius 2 is 2.18 bits per heavy atom. The van der Waals surface area contributed by atoms with Crippen LogP contribution in [0.25, 0.3) is 0 Å². The highest BCUT2D eigenvalue weighted by molar-refractivity contribution is 6.42. The van der Waals surface area contributed by atoms with Crippen molar-refractivity contribution in [2.24, 2.45) is 0 Å². The smallest absolute Gasteiger partial charge is 0.227 e. The highest BCUT2D eigenvalue weighted by atomic mass is 35.5. The Bertz CT molecular complexity index is 400. The summed E-state index contributed by atoms with van der Waals surface area (Å²) in [6, 6.07) is 0.0936. The van der Waals surface area contributed by atoms with Crippen molar-refractivity contribution in [3.05, 3.63) is 16.5 Å². The fraction of sp³-hybridized carbons (Fsp3) is 0.500. The van der Waals surface area contributed by atoms with Crippen LogP contribution in [0.3, 0.4) is 0 Å². The lowest BCUT2D eigenvalue weighted by atomic mass is 10.2. The Morgan fingerprint density at radius 1 is 1.47 bits per heavy atom. The van der Waals surface area contributed by atoms with Gasteiger partial charge in [-0.15, -0.1) is 0 Å². The van der Waals surface area contributed by atoms with Gasteiger partial charge in [0.25, 0.3) is 0 Å². The monoisotopic (exact) mass is 276 g/mol. The molecule has 0 spiro atoms. The molecule has 1 heterocycles. The number of amides is 1. The maximum absolute atomic E-state index is 11.6. The summed E-state index contributed by atoms with van der Waals surface area (Å²) in [6.45, 7) is 4.72. The van der Waals surface area contributed by atoms with Gasteiger partial charge in [0.1, 0.15) is 11.3 Å².